The zero-order valence-corrected chi connectivity index (χ0v) is 14.1. The van der Waals surface area contributed by atoms with E-state index in [4.69, 9.17) is 5.73 Å². The van der Waals surface area contributed by atoms with Crippen LogP contribution >= 0.6 is 0 Å². The molecule has 0 saturated carbocycles. The van der Waals surface area contributed by atoms with Crippen molar-refractivity contribution in [3.05, 3.63) is 35.6 Å². The first-order valence-corrected chi connectivity index (χ1v) is 7.80. The number of rotatable bonds is 8. The SMILES string of the molecule is CC(=O)N[C@@H](Cc1ccc(F)cc1)C(=O)N[C@@H](CC(C)C)C(N)=O. The lowest BCUT2D eigenvalue weighted by molar-refractivity contribution is -0.131. The smallest absolute Gasteiger partial charge is 0.243 e. The Balaban J connectivity index is 2.85. The van der Waals surface area contributed by atoms with Crippen molar-refractivity contribution in [2.24, 2.45) is 11.7 Å². The second-order valence-corrected chi connectivity index (χ2v) is 6.18. The minimum absolute atomic E-state index is 0.166. The number of carbonyl (C=O) groups excluding carboxylic acids is 3. The van der Waals surface area contributed by atoms with Crippen LogP contribution in [-0.2, 0) is 20.8 Å². The molecule has 1 aromatic carbocycles. The molecule has 0 fully saturated rings. The fourth-order valence-corrected chi connectivity index (χ4v) is 2.30. The molecule has 2 atom stereocenters. The highest BCUT2D eigenvalue weighted by Crippen LogP contribution is 2.08. The molecule has 0 spiro atoms. The van der Waals surface area contributed by atoms with Crippen molar-refractivity contribution in [3.63, 3.8) is 0 Å². The van der Waals surface area contributed by atoms with Crippen molar-refractivity contribution in [2.45, 2.75) is 45.7 Å². The van der Waals surface area contributed by atoms with Crippen LogP contribution in [0.25, 0.3) is 0 Å². The maximum Gasteiger partial charge on any atom is 0.243 e. The minimum Gasteiger partial charge on any atom is -0.368 e. The highest BCUT2D eigenvalue weighted by molar-refractivity contribution is 5.91. The maximum absolute atomic E-state index is 13.0. The lowest BCUT2D eigenvalue weighted by Gasteiger charge is -2.22. The number of hydrogen-bond donors (Lipinski definition) is 3. The third-order valence-corrected chi connectivity index (χ3v) is 3.41. The summed E-state index contributed by atoms with van der Waals surface area (Å²) in [5.74, 6) is -1.72. The van der Waals surface area contributed by atoms with Gasteiger partial charge in [-0.25, -0.2) is 4.39 Å². The van der Waals surface area contributed by atoms with Gasteiger partial charge in [0.25, 0.3) is 0 Å². The van der Waals surface area contributed by atoms with Gasteiger partial charge in [0.2, 0.25) is 17.7 Å². The van der Waals surface area contributed by atoms with Crippen LogP contribution in [0.1, 0.15) is 32.8 Å². The Kier molecular flexibility index (Phi) is 7.35. The summed E-state index contributed by atoms with van der Waals surface area (Å²) in [5.41, 5.74) is 6.01. The monoisotopic (exact) mass is 337 g/mol. The quantitative estimate of drug-likeness (QED) is 0.656. The number of benzene rings is 1. The molecule has 0 aliphatic rings. The predicted octanol–water partition coefficient (Wildman–Crippen LogP) is 0.889. The Labute approximate surface area is 141 Å². The first-order chi connectivity index (χ1) is 11.2. The fraction of sp³-hybridized carbons (Fsp3) is 0.471. The van der Waals surface area contributed by atoms with Crippen molar-refractivity contribution in [2.75, 3.05) is 0 Å². The van der Waals surface area contributed by atoms with Gasteiger partial charge in [0, 0.05) is 13.3 Å². The molecule has 24 heavy (non-hydrogen) atoms. The average Bonchev–Trinajstić information content (AvgIpc) is 2.47. The van der Waals surface area contributed by atoms with Gasteiger partial charge in [0.15, 0.2) is 0 Å². The van der Waals surface area contributed by atoms with Crippen LogP contribution in [-0.4, -0.2) is 29.8 Å². The van der Waals surface area contributed by atoms with E-state index in [9.17, 15) is 18.8 Å². The van der Waals surface area contributed by atoms with Gasteiger partial charge >= 0.3 is 0 Å². The molecule has 0 aliphatic heterocycles. The largest absolute Gasteiger partial charge is 0.368 e. The lowest BCUT2D eigenvalue weighted by atomic mass is 10.0. The minimum atomic E-state index is -0.873. The molecule has 132 valence electrons. The Hall–Kier alpha value is -2.44. The van der Waals surface area contributed by atoms with E-state index >= 15 is 0 Å². The summed E-state index contributed by atoms with van der Waals surface area (Å²) in [6, 6.07) is 3.96. The first kappa shape index (κ1) is 19.6. The van der Waals surface area contributed by atoms with E-state index in [0.29, 0.717) is 12.0 Å². The molecule has 0 aromatic heterocycles. The van der Waals surface area contributed by atoms with Gasteiger partial charge in [0.1, 0.15) is 17.9 Å². The van der Waals surface area contributed by atoms with Crippen molar-refractivity contribution < 1.29 is 18.8 Å². The topological polar surface area (TPSA) is 101 Å². The van der Waals surface area contributed by atoms with Gasteiger partial charge in [-0.05, 0) is 30.0 Å². The number of halogens is 1. The summed E-state index contributed by atoms with van der Waals surface area (Å²) < 4.78 is 13.0. The predicted molar refractivity (Wildman–Crippen MR) is 88.3 cm³/mol. The van der Waals surface area contributed by atoms with E-state index in [2.05, 4.69) is 10.6 Å². The van der Waals surface area contributed by atoms with E-state index < -0.39 is 23.9 Å². The van der Waals surface area contributed by atoms with Crippen LogP contribution < -0.4 is 16.4 Å². The van der Waals surface area contributed by atoms with E-state index in [1.54, 1.807) is 0 Å². The summed E-state index contributed by atoms with van der Waals surface area (Å²) >= 11 is 0. The summed E-state index contributed by atoms with van der Waals surface area (Å²) in [6.07, 6.45) is 0.587. The van der Waals surface area contributed by atoms with Gasteiger partial charge in [-0.3, -0.25) is 14.4 Å². The van der Waals surface area contributed by atoms with Crippen molar-refractivity contribution in [1.29, 1.82) is 0 Å². The van der Waals surface area contributed by atoms with Crippen LogP contribution in [0.4, 0.5) is 4.39 Å². The van der Waals surface area contributed by atoms with Crippen LogP contribution in [0, 0.1) is 11.7 Å². The van der Waals surface area contributed by atoms with Crippen molar-refractivity contribution in [1.82, 2.24) is 10.6 Å². The van der Waals surface area contributed by atoms with Crippen LogP contribution in [0.2, 0.25) is 0 Å². The third-order valence-electron chi connectivity index (χ3n) is 3.41. The summed E-state index contributed by atoms with van der Waals surface area (Å²) in [6.45, 7) is 5.11. The number of nitrogens with one attached hydrogen (secondary N) is 2. The Morgan fingerprint density at radius 3 is 2.12 bits per heavy atom. The van der Waals surface area contributed by atoms with E-state index in [1.165, 1.54) is 31.2 Å². The molecular weight excluding hydrogens is 313 g/mol. The highest BCUT2D eigenvalue weighted by atomic mass is 19.1. The molecule has 0 radical (unpaired) electrons. The molecule has 0 heterocycles. The molecule has 1 aromatic rings. The number of hydrogen-bond acceptors (Lipinski definition) is 3. The first-order valence-electron chi connectivity index (χ1n) is 7.80. The molecule has 0 bridgehead atoms. The molecule has 3 amide bonds. The van der Waals surface area contributed by atoms with Gasteiger partial charge in [0.05, 0.1) is 0 Å². The van der Waals surface area contributed by atoms with Gasteiger partial charge in [-0.1, -0.05) is 26.0 Å². The van der Waals surface area contributed by atoms with E-state index in [1.807, 2.05) is 13.8 Å². The molecule has 6 nitrogen and oxygen atoms in total. The molecule has 1 rings (SSSR count). The Morgan fingerprint density at radius 1 is 1.08 bits per heavy atom. The van der Waals surface area contributed by atoms with Crippen molar-refractivity contribution in [3.8, 4) is 0 Å². The van der Waals surface area contributed by atoms with E-state index in [-0.39, 0.29) is 24.1 Å². The number of carbonyl (C=O) groups is 3. The normalized spacial score (nSPS) is 13.2. The van der Waals surface area contributed by atoms with Gasteiger partial charge in [-0.2, -0.15) is 0 Å². The van der Waals surface area contributed by atoms with Gasteiger partial charge < -0.3 is 16.4 Å². The standard InChI is InChI=1S/C17H24FN3O3/c1-10(2)8-14(16(19)23)21-17(24)15(20-11(3)22)9-12-4-6-13(18)7-5-12/h4-7,10,14-15H,8-9H2,1-3H3,(H2,19,23)(H,20,22)(H,21,24)/t14-,15-/m0/s1. The summed E-state index contributed by atoms with van der Waals surface area (Å²) in [7, 11) is 0. The summed E-state index contributed by atoms with van der Waals surface area (Å²) in [4.78, 5) is 35.3. The molecule has 0 aliphatic carbocycles. The highest BCUT2D eigenvalue weighted by Gasteiger charge is 2.25. The molecular formula is C17H24FN3O3. The number of amides is 3. The van der Waals surface area contributed by atoms with E-state index in [0.717, 1.165) is 0 Å². The fourth-order valence-electron chi connectivity index (χ4n) is 2.30. The average molecular weight is 337 g/mol. The third kappa shape index (κ3) is 6.76. The number of nitrogens with two attached hydrogens (primary N) is 1. The van der Waals surface area contributed by atoms with Gasteiger partial charge in [-0.15, -0.1) is 0 Å². The van der Waals surface area contributed by atoms with Crippen LogP contribution in [0.5, 0.6) is 0 Å². The molecule has 4 N–H and O–H groups in total. The van der Waals surface area contributed by atoms with Crippen LogP contribution in [0.3, 0.4) is 0 Å². The molecule has 0 saturated heterocycles. The lowest BCUT2D eigenvalue weighted by Crippen LogP contribution is -2.53. The maximum atomic E-state index is 13.0. The second-order valence-electron chi connectivity index (χ2n) is 6.18. The van der Waals surface area contributed by atoms with Crippen molar-refractivity contribution >= 4 is 17.7 Å². The number of primary amides is 1. The molecule has 0 unspecified atom stereocenters. The second kappa shape index (κ2) is 9.00. The Bertz CT molecular complexity index is 587. The molecule has 7 heteroatoms. The zero-order chi connectivity index (χ0) is 18.3. The Morgan fingerprint density at radius 2 is 1.67 bits per heavy atom. The van der Waals surface area contributed by atoms with Crippen LogP contribution in [0.15, 0.2) is 24.3 Å². The summed E-state index contributed by atoms with van der Waals surface area (Å²) in [5, 5.41) is 5.13. The zero-order valence-electron chi connectivity index (χ0n) is 14.1.